The lowest BCUT2D eigenvalue weighted by Crippen LogP contribution is -2.39. The van der Waals surface area contributed by atoms with Gasteiger partial charge in [0.05, 0.1) is 32.8 Å². The van der Waals surface area contributed by atoms with E-state index in [1.54, 1.807) is 16.8 Å². The van der Waals surface area contributed by atoms with E-state index in [1.165, 1.54) is 0 Å². The smallest absolute Gasteiger partial charge is 0.317 e. The zero-order valence-corrected chi connectivity index (χ0v) is 13.2. The molecule has 0 radical (unpaired) electrons. The van der Waals surface area contributed by atoms with Gasteiger partial charge in [-0.2, -0.15) is 0 Å². The first-order valence-corrected chi connectivity index (χ1v) is 7.16. The zero-order chi connectivity index (χ0) is 17.7. The quantitative estimate of drug-likeness (QED) is 0.250. The summed E-state index contributed by atoms with van der Waals surface area (Å²) in [4.78, 5) is 34.9. The molecule has 0 fully saturated rings. The molecule has 0 atom stereocenters. The van der Waals surface area contributed by atoms with E-state index >= 15 is 0 Å². The Morgan fingerprint density at radius 1 is 0.913 bits per heavy atom. The fourth-order valence-corrected chi connectivity index (χ4v) is 1.72. The Morgan fingerprint density at radius 3 is 2.13 bits per heavy atom. The Hall–Kier alpha value is -1.75. The largest absolute Gasteiger partial charge is 0.480 e. The summed E-state index contributed by atoms with van der Waals surface area (Å²) in [6, 6.07) is 0. The summed E-state index contributed by atoms with van der Waals surface area (Å²) >= 11 is 0. The van der Waals surface area contributed by atoms with Crippen LogP contribution in [0.2, 0.25) is 0 Å². The van der Waals surface area contributed by atoms with E-state index in [4.69, 9.17) is 20.1 Å². The minimum absolute atomic E-state index is 0.105. The molecule has 0 aromatic rings. The molecule has 0 rings (SSSR count). The van der Waals surface area contributed by atoms with Crippen molar-refractivity contribution in [2.24, 2.45) is 0 Å². The van der Waals surface area contributed by atoms with E-state index in [9.17, 15) is 14.4 Å². The van der Waals surface area contributed by atoms with Gasteiger partial charge in [0.15, 0.2) is 0 Å². The van der Waals surface area contributed by atoms with Gasteiger partial charge in [-0.05, 0) is 7.05 Å². The van der Waals surface area contributed by atoms with Crippen LogP contribution in [0.1, 0.15) is 0 Å². The third-order valence-electron chi connectivity index (χ3n) is 2.81. The molecule has 0 aliphatic carbocycles. The third kappa shape index (κ3) is 14.9. The number of likely N-dealkylation sites (N-methyl/N-ethyl adjacent to an activating group) is 1. The molecule has 0 aliphatic rings. The molecule has 0 aliphatic heterocycles. The van der Waals surface area contributed by atoms with Crippen molar-refractivity contribution in [3.63, 3.8) is 0 Å². The van der Waals surface area contributed by atoms with Crippen molar-refractivity contribution < 1.29 is 34.4 Å². The van der Waals surface area contributed by atoms with Gasteiger partial charge in [-0.1, -0.05) is 0 Å². The standard InChI is InChI=1S/C13H25N3O7/c1-15(9-12(19)20)3-4-16(10-13(21)22)5-7-23-6-2-14-8-11(17)18/h14H,2-10H2,1H3,(H,17,18)(H,19,20)(H,21,22). The molecule has 0 spiro atoms. The molecular weight excluding hydrogens is 310 g/mol. The summed E-state index contributed by atoms with van der Waals surface area (Å²) in [5.74, 6) is -2.84. The van der Waals surface area contributed by atoms with Crippen molar-refractivity contribution in [3.8, 4) is 0 Å². The van der Waals surface area contributed by atoms with Crippen LogP contribution in [0.15, 0.2) is 0 Å². The molecule has 0 bridgehead atoms. The van der Waals surface area contributed by atoms with Crippen LogP contribution in [-0.2, 0) is 19.1 Å². The lowest BCUT2D eigenvalue weighted by Gasteiger charge is -2.23. The Morgan fingerprint density at radius 2 is 1.57 bits per heavy atom. The summed E-state index contributed by atoms with van der Waals surface area (Å²) in [6.45, 7) is 1.88. The second kappa shape index (κ2) is 12.8. The number of nitrogens with zero attached hydrogens (tertiary/aromatic N) is 2. The average molecular weight is 335 g/mol. The molecule has 10 heteroatoms. The maximum Gasteiger partial charge on any atom is 0.317 e. The molecular formula is C13H25N3O7. The van der Waals surface area contributed by atoms with Gasteiger partial charge in [0.1, 0.15) is 0 Å². The number of carboxylic acid groups (broad SMARTS) is 3. The first kappa shape index (κ1) is 21.2. The number of hydrogen-bond acceptors (Lipinski definition) is 7. The van der Waals surface area contributed by atoms with Crippen LogP contribution in [0.4, 0.5) is 0 Å². The molecule has 134 valence electrons. The van der Waals surface area contributed by atoms with Gasteiger partial charge in [0.25, 0.3) is 0 Å². The van der Waals surface area contributed by atoms with Crippen molar-refractivity contribution in [3.05, 3.63) is 0 Å². The first-order valence-electron chi connectivity index (χ1n) is 7.16. The summed E-state index contributed by atoms with van der Waals surface area (Å²) in [5.41, 5.74) is 0. The van der Waals surface area contributed by atoms with Crippen LogP contribution in [0.5, 0.6) is 0 Å². The molecule has 0 aromatic carbocycles. The van der Waals surface area contributed by atoms with E-state index in [0.29, 0.717) is 39.4 Å². The molecule has 0 heterocycles. The first-order chi connectivity index (χ1) is 10.8. The zero-order valence-electron chi connectivity index (χ0n) is 13.2. The lowest BCUT2D eigenvalue weighted by molar-refractivity contribution is -0.140. The predicted octanol–water partition coefficient (Wildman–Crippen LogP) is -1.92. The number of rotatable bonds is 15. The second-order valence-corrected chi connectivity index (χ2v) is 4.98. The molecule has 4 N–H and O–H groups in total. The fourth-order valence-electron chi connectivity index (χ4n) is 1.72. The van der Waals surface area contributed by atoms with Gasteiger partial charge in [-0.15, -0.1) is 0 Å². The van der Waals surface area contributed by atoms with Gasteiger partial charge < -0.3 is 25.4 Å². The Labute approximate surface area is 134 Å². The lowest BCUT2D eigenvalue weighted by atomic mass is 10.4. The predicted molar refractivity (Wildman–Crippen MR) is 80.5 cm³/mol. The van der Waals surface area contributed by atoms with Gasteiger partial charge in [-0.25, -0.2) is 0 Å². The minimum atomic E-state index is -0.964. The highest BCUT2D eigenvalue weighted by Gasteiger charge is 2.11. The molecule has 0 aromatic heterocycles. The van der Waals surface area contributed by atoms with Gasteiger partial charge >= 0.3 is 17.9 Å². The van der Waals surface area contributed by atoms with Crippen LogP contribution >= 0.6 is 0 Å². The molecule has 0 saturated carbocycles. The number of hydrogen-bond donors (Lipinski definition) is 4. The topological polar surface area (TPSA) is 140 Å². The summed E-state index contributed by atoms with van der Waals surface area (Å²) in [5, 5.41) is 28.6. The second-order valence-electron chi connectivity index (χ2n) is 4.98. The van der Waals surface area contributed by atoms with E-state index in [0.717, 1.165) is 0 Å². The fraction of sp³-hybridized carbons (Fsp3) is 0.769. The maximum atomic E-state index is 10.8. The molecule has 23 heavy (non-hydrogen) atoms. The number of aliphatic carboxylic acids is 3. The van der Waals surface area contributed by atoms with Crippen LogP contribution < -0.4 is 5.32 Å². The maximum absolute atomic E-state index is 10.8. The number of carbonyl (C=O) groups is 3. The summed E-state index contributed by atoms with van der Waals surface area (Å²) in [7, 11) is 1.65. The third-order valence-corrected chi connectivity index (χ3v) is 2.81. The molecule has 0 amide bonds. The molecule has 10 nitrogen and oxygen atoms in total. The van der Waals surface area contributed by atoms with E-state index < -0.39 is 17.9 Å². The Balaban J connectivity index is 3.89. The van der Waals surface area contributed by atoms with E-state index in [1.807, 2.05) is 0 Å². The highest BCUT2D eigenvalue weighted by atomic mass is 16.5. The minimum Gasteiger partial charge on any atom is -0.480 e. The molecule has 0 saturated heterocycles. The van der Waals surface area contributed by atoms with Crippen molar-refractivity contribution in [1.29, 1.82) is 0 Å². The van der Waals surface area contributed by atoms with Crippen molar-refractivity contribution in [2.45, 2.75) is 0 Å². The number of ether oxygens (including phenoxy) is 1. The number of nitrogens with one attached hydrogen (secondary N) is 1. The number of carboxylic acids is 3. The van der Waals surface area contributed by atoms with Gasteiger partial charge in [-0.3, -0.25) is 24.2 Å². The van der Waals surface area contributed by atoms with Crippen molar-refractivity contribution in [1.82, 2.24) is 15.1 Å². The van der Waals surface area contributed by atoms with Crippen LogP contribution in [-0.4, -0.2) is 109 Å². The van der Waals surface area contributed by atoms with Crippen molar-refractivity contribution >= 4 is 17.9 Å². The Kier molecular flexibility index (Phi) is 11.8. The van der Waals surface area contributed by atoms with Crippen molar-refractivity contribution in [2.75, 3.05) is 66.1 Å². The normalized spacial score (nSPS) is 11.1. The highest BCUT2D eigenvalue weighted by molar-refractivity contribution is 5.69. The van der Waals surface area contributed by atoms with Gasteiger partial charge in [0, 0.05) is 26.2 Å². The van der Waals surface area contributed by atoms with Crippen LogP contribution in [0, 0.1) is 0 Å². The SMILES string of the molecule is CN(CCN(CCOCCNCC(=O)O)CC(=O)O)CC(=O)O. The van der Waals surface area contributed by atoms with Gasteiger partial charge in [0.2, 0.25) is 0 Å². The monoisotopic (exact) mass is 335 g/mol. The summed E-state index contributed by atoms with van der Waals surface area (Å²) < 4.78 is 5.30. The van der Waals surface area contributed by atoms with Crippen LogP contribution in [0.3, 0.4) is 0 Å². The summed E-state index contributed by atoms with van der Waals surface area (Å²) in [6.07, 6.45) is 0. The van der Waals surface area contributed by atoms with E-state index in [2.05, 4.69) is 5.32 Å². The van der Waals surface area contributed by atoms with E-state index in [-0.39, 0.29) is 19.6 Å². The molecule has 0 unspecified atom stereocenters. The Bertz CT molecular complexity index is 379. The average Bonchev–Trinajstić information content (AvgIpc) is 2.41. The van der Waals surface area contributed by atoms with Crippen LogP contribution in [0.25, 0.3) is 0 Å². The highest BCUT2D eigenvalue weighted by Crippen LogP contribution is 1.92.